The first-order valence-electron chi connectivity index (χ1n) is 9.92. The lowest BCUT2D eigenvalue weighted by Gasteiger charge is -2.30. The average Bonchev–Trinajstić information content (AvgIpc) is 2.99. The van der Waals surface area contributed by atoms with E-state index in [0.29, 0.717) is 25.0 Å². The van der Waals surface area contributed by atoms with Gasteiger partial charge in [0.15, 0.2) is 5.76 Å². The van der Waals surface area contributed by atoms with Gasteiger partial charge in [0, 0.05) is 0 Å². The number of ether oxygens (including phenoxy) is 4. The van der Waals surface area contributed by atoms with Crippen molar-refractivity contribution in [2.45, 2.75) is 56.9 Å². The molecule has 4 N–H and O–H groups in total. The van der Waals surface area contributed by atoms with Gasteiger partial charge >= 0.3 is 5.97 Å². The molecule has 2 aliphatic heterocycles. The summed E-state index contributed by atoms with van der Waals surface area (Å²) in [5.41, 5.74) is 0. The Bertz CT molecular complexity index is 885. The highest BCUT2D eigenvalue weighted by Gasteiger charge is 2.43. The van der Waals surface area contributed by atoms with Crippen LogP contribution in [0, 0.1) is 17.7 Å². The van der Waals surface area contributed by atoms with Gasteiger partial charge in [0.25, 0.3) is 0 Å². The summed E-state index contributed by atoms with van der Waals surface area (Å²) in [4.78, 5) is 0. The number of rotatable bonds is 5. The Kier molecular flexibility index (Phi) is 7.28. The minimum absolute atomic E-state index is 0.189. The smallest absolute Gasteiger partial charge is 0.392 e. The summed E-state index contributed by atoms with van der Waals surface area (Å²) in [5.74, 6) is 0.500. The van der Waals surface area contributed by atoms with E-state index in [1.807, 2.05) is 0 Å². The first-order chi connectivity index (χ1) is 14.8. The molecule has 3 rings (SSSR count). The van der Waals surface area contributed by atoms with Gasteiger partial charge < -0.3 is 34.6 Å². The van der Waals surface area contributed by atoms with Gasteiger partial charge in [0.1, 0.15) is 36.6 Å². The van der Waals surface area contributed by atoms with Crippen molar-refractivity contribution in [2.75, 3.05) is 6.61 Å². The van der Waals surface area contributed by atoms with Crippen molar-refractivity contribution in [3.63, 3.8) is 0 Å². The van der Waals surface area contributed by atoms with Gasteiger partial charge in [-0.3, -0.25) is 4.74 Å². The zero-order valence-electron chi connectivity index (χ0n) is 17.0. The van der Waals surface area contributed by atoms with Gasteiger partial charge in [0.2, 0.25) is 11.5 Å². The number of aliphatic hydroxyl groups excluding tert-OH is 3. The molecule has 0 saturated carbocycles. The summed E-state index contributed by atoms with van der Waals surface area (Å²) in [7, 11) is 0. The molecule has 1 fully saturated rings. The van der Waals surface area contributed by atoms with Crippen LogP contribution in [0.3, 0.4) is 0 Å². The predicted octanol–water partition coefficient (Wildman–Crippen LogP) is 3.34. The van der Waals surface area contributed by atoms with Crippen LogP contribution in [0.15, 0.2) is 47.8 Å². The molecule has 0 aromatic heterocycles. The molecule has 1 aromatic rings. The first-order valence-corrected chi connectivity index (χ1v) is 9.92. The summed E-state index contributed by atoms with van der Waals surface area (Å²) in [5, 5.41) is 38.8. The van der Waals surface area contributed by atoms with E-state index in [2.05, 4.69) is 11.8 Å². The van der Waals surface area contributed by atoms with E-state index in [4.69, 9.17) is 18.9 Å². The minimum Gasteiger partial charge on any atom is -0.502 e. The van der Waals surface area contributed by atoms with E-state index in [-0.39, 0.29) is 11.9 Å². The van der Waals surface area contributed by atoms with E-state index in [0.717, 1.165) is 19.3 Å². The summed E-state index contributed by atoms with van der Waals surface area (Å²) in [6, 6.07) is 5.76. The van der Waals surface area contributed by atoms with Gasteiger partial charge in [0.05, 0.1) is 6.10 Å². The standard InChI is InChI=1S/C22H25FO8/c1-14(31-22(27)21(26)20(25)19(24)13-29-22)6-9-17-4-2-3-5-18(30-17)12-28-16-10-7-15(23)8-11-16/h7-8,10-11,13-14,17-18,24-27H,2-5,12H2,1H3. The number of aliphatic hydroxyl groups is 4. The number of benzene rings is 1. The van der Waals surface area contributed by atoms with Crippen LogP contribution >= 0.6 is 0 Å². The van der Waals surface area contributed by atoms with E-state index in [1.54, 1.807) is 12.1 Å². The average molecular weight is 436 g/mol. The number of hydrogen-bond acceptors (Lipinski definition) is 8. The fourth-order valence-corrected chi connectivity index (χ4v) is 3.10. The largest absolute Gasteiger partial charge is 0.502 e. The van der Waals surface area contributed by atoms with Crippen molar-refractivity contribution in [2.24, 2.45) is 0 Å². The molecule has 31 heavy (non-hydrogen) atoms. The van der Waals surface area contributed by atoms with Crippen molar-refractivity contribution in [3.8, 4) is 17.6 Å². The third-order valence-electron chi connectivity index (χ3n) is 4.73. The maximum absolute atomic E-state index is 13.0. The van der Waals surface area contributed by atoms with Crippen LogP contribution in [0.25, 0.3) is 0 Å². The Morgan fingerprint density at radius 1 is 1.19 bits per heavy atom. The predicted molar refractivity (Wildman–Crippen MR) is 106 cm³/mol. The molecule has 1 aromatic carbocycles. The molecular formula is C22H25FO8. The lowest BCUT2D eigenvalue weighted by molar-refractivity contribution is -0.339. The Morgan fingerprint density at radius 3 is 2.65 bits per heavy atom. The summed E-state index contributed by atoms with van der Waals surface area (Å²) >= 11 is 0. The van der Waals surface area contributed by atoms with E-state index < -0.39 is 35.5 Å². The van der Waals surface area contributed by atoms with Crippen molar-refractivity contribution in [1.29, 1.82) is 0 Å². The van der Waals surface area contributed by atoms with E-state index in [1.165, 1.54) is 19.1 Å². The first kappa shape index (κ1) is 22.7. The molecule has 168 valence electrons. The molecule has 2 aliphatic rings. The molecule has 8 nitrogen and oxygen atoms in total. The third kappa shape index (κ3) is 6.04. The zero-order chi connectivity index (χ0) is 22.4. The minimum atomic E-state index is -2.67. The van der Waals surface area contributed by atoms with Crippen LogP contribution < -0.4 is 4.74 Å². The van der Waals surface area contributed by atoms with Gasteiger partial charge in [-0.25, -0.2) is 4.39 Å². The highest BCUT2D eigenvalue weighted by atomic mass is 19.1. The van der Waals surface area contributed by atoms with Crippen LogP contribution in [0.4, 0.5) is 4.39 Å². The monoisotopic (exact) mass is 436 g/mol. The highest BCUT2D eigenvalue weighted by molar-refractivity contribution is 5.25. The van der Waals surface area contributed by atoms with Crippen LogP contribution in [0.2, 0.25) is 0 Å². The lowest BCUT2D eigenvalue weighted by Crippen LogP contribution is -2.42. The van der Waals surface area contributed by atoms with Crippen molar-refractivity contribution in [3.05, 3.63) is 53.6 Å². The van der Waals surface area contributed by atoms with E-state index in [9.17, 15) is 24.8 Å². The molecule has 0 bridgehead atoms. The van der Waals surface area contributed by atoms with Gasteiger partial charge in [-0.1, -0.05) is 18.3 Å². The molecule has 4 atom stereocenters. The molecule has 0 radical (unpaired) electrons. The lowest BCUT2D eigenvalue weighted by atomic mass is 10.1. The van der Waals surface area contributed by atoms with Crippen LogP contribution in [-0.4, -0.2) is 51.3 Å². The van der Waals surface area contributed by atoms with Crippen LogP contribution in [0.5, 0.6) is 5.75 Å². The molecular weight excluding hydrogens is 411 g/mol. The molecule has 2 heterocycles. The fourth-order valence-electron chi connectivity index (χ4n) is 3.10. The number of hydrogen-bond donors (Lipinski definition) is 4. The van der Waals surface area contributed by atoms with Gasteiger partial charge in [-0.05, 0) is 50.5 Å². The molecule has 4 unspecified atom stereocenters. The second-order valence-corrected chi connectivity index (χ2v) is 7.24. The topological polar surface area (TPSA) is 118 Å². The van der Waals surface area contributed by atoms with Crippen molar-refractivity contribution >= 4 is 0 Å². The zero-order valence-corrected chi connectivity index (χ0v) is 17.0. The summed E-state index contributed by atoms with van der Waals surface area (Å²) < 4.78 is 34.6. The van der Waals surface area contributed by atoms with Gasteiger partial charge in [-0.2, -0.15) is 0 Å². The quantitative estimate of drug-likeness (QED) is 0.410. The summed E-state index contributed by atoms with van der Waals surface area (Å²) in [6.07, 6.45) is 2.52. The Morgan fingerprint density at radius 2 is 1.90 bits per heavy atom. The maximum Gasteiger partial charge on any atom is 0.392 e. The molecule has 9 heteroatoms. The second-order valence-electron chi connectivity index (χ2n) is 7.24. The second kappa shape index (κ2) is 9.92. The SMILES string of the molecule is CC(C#CC1CCCCC(COc2ccc(F)cc2)O1)OC1(O)OC=C(O)C(O)=C1O. The van der Waals surface area contributed by atoms with Crippen LogP contribution in [0.1, 0.15) is 32.6 Å². The van der Waals surface area contributed by atoms with Gasteiger partial charge in [-0.15, -0.1) is 0 Å². The number of halogens is 1. The third-order valence-corrected chi connectivity index (χ3v) is 4.73. The Hall–Kier alpha value is -2.93. The van der Waals surface area contributed by atoms with Crippen LogP contribution in [-0.2, 0) is 14.2 Å². The Labute approximate surface area is 179 Å². The molecule has 0 spiro atoms. The van der Waals surface area contributed by atoms with Crippen molar-refractivity contribution < 1.29 is 43.8 Å². The maximum atomic E-state index is 13.0. The Balaban J connectivity index is 1.56. The highest BCUT2D eigenvalue weighted by Crippen LogP contribution is 2.29. The van der Waals surface area contributed by atoms with E-state index >= 15 is 0 Å². The van der Waals surface area contributed by atoms with Crippen molar-refractivity contribution in [1.82, 2.24) is 0 Å². The normalized spacial score (nSPS) is 27.3. The molecule has 0 aliphatic carbocycles. The molecule has 0 amide bonds. The summed E-state index contributed by atoms with van der Waals surface area (Å²) in [6.45, 7) is 1.82. The fraction of sp³-hybridized carbons (Fsp3) is 0.455. The molecule has 1 saturated heterocycles.